The molecule has 2 aromatic rings. The van der Waals surface area contributed by atoms with E-state index >= 15 is 0 Å². The summed E-state index contributed by atoms with van der Waals surface area (Å²) in [7, 11) is 0. The molecule has 0 unspecified atom stereocenters. The number of rotatable bonds is 5. The van der Waals surface area contributed by atoms with Gasteiger partial charge in [0.15, 0.2) is 0 Å². The average molecular weight is 254 g/mol. The number of hydrogen-bond donors (Lipinski definition) is 0. The molecule has 0 spiro atoms. The first-order chi connectivity index (χ1) is 9.24. The molecule has 2 aromatic carbocycles. The van der Waals surface area contributed by atoms with Gasteiger partial charge in [0.05, 0.1) is 5.56 Å². The zero-order valence-electron chi connectivity index (χ0n) is 9.91. The van der Waals surface area contributed by atoms with E-state index in [0.717, 1.165) is 0 Å². The van der Waals surface area contributed by atoms with Crippen molar-refractivity contribution in [1.29, 1.82) is 0 Å². The number of para-hydroxylation sites is 1. The number of benzene rings is 2. The Morgan fingerprint density at radius 2 is 1.47 bits per heavy atom. The first-order valence-electron chi connectivity index (χ1n) is 5.57. The molecular weight excluding hydrogens is 244 g/mol. The Balaban J connectivity index is 2.35. The Morgan fingerprint density at radius 3 is 2.16 bits per heavy atom. The van der Waals surface area contributed by atoms with E-state index in [1.54, 1.807) is 42.5 Å². The number of Topliss-reactive ketones (excluding diaryl/α,β-unsaturated/α-hetero) is 2. The first kappa shape index (κ1) is 12.7. The summed E-state index contributed by atoms with van der Waals surface area (Å²) in [5, 5.41) is 0. The van der Waals surface area contributed by atoms with E-state index in [9.17, 15) is 14.4 Å². The zero-order chi connectivity index (χ0) is 13.7. The Morgan fingerprint density at radius 1 is 0.842 bits per heavy atom. The molecule has 0 fully saturated rings. The van der Waals surface area contributed by atoms with Gasteiger partial charge in [-0.05, 0) is 12.1 Å². The number of carbonyl (C=O) groups excluding carboxylic acids is 3. The molecule has 2 rings (SSSR count). The number of carbonyl (C=O) groups is 3. The van der Waals surface area contributed by atoms with E-state index < -0.39 is 11.6 Å². The first-order valence-corrected chi connectivity index (χ1v) is 5.57. The highest BCUT2D eigenvalue weighted by atomic mass is 16.5. The van der Waals surface area contributed by atoms with Crippen LogP contribution in [-0.2, 0) is 4.79 Å². The molecule has 0 heterocycles. The predicted molar refractivity (Wildman–Crippen MR) is 68.2 cm³/mol. The van der Waals surface area contributed by atoms with Gasteiger partial charge in [0.2, 0.25) is 11.6 Å². The lowest BCUT2D eigenvalue weighted by Gasteiger charge is -2.05. The molecule has 0 atom stereocenters. The van der Waals surface area contributed by atoms with Crippen molar-refractivity contribution in [1.82, 2.24) is 0 Å². The second-order valence-electron chi connectivity index (χ2n) is 3.73. The third kappa shape index (κ3) is 2.74. The van der Waals surface area contributed by atoms with E-state index in [2.05, 4.69) is 0 Å². The van der Waals surface area contributed by atoms with Gasteiger partial charge in [0.1, 0.15) is 5.75 Å². The minimum absolute atomic E-state index is 0.0726. The van der Waals surface area contributed by atoms with Gasteiger partial charge in [0, 0.05) is 5.56 Å². The van der Waals surface area contributed by atoms with Crippen molar-refractivity contribution in [3.05, 3.63) is 65.7 Å². The monoisotopic (exact) mass is 254 g/mol. The van der Waals surface area contributed by atoms with Gasteiger partial charge in [-0.1, -0.05) is 42.5 Å². The molecule has 0 amide bonds. The van der Waals surface area contributed by atoms with Crippen LogP contribution in [-0.4, -0.2) is 18.0 Å². The summed E-state index contributed by atoms with van der Waals surface area (Å²) in [5.74, 6) is -1.27. The Bertz CT molecular complexity index is 617. The lowest BCUT2D eigenvalue weighted by Crippen LogP contribution is -2.15. The van der Waals surface area contributed by atoms with E-state index in [-0.39, 0.29) is 17.8 Å². The van der Waals surface area contributed by atoms with Crippen LogP contribution in [0.3, 0.4) is 0 Å². The quantitative estimate of drug-likeness (QED) is 0.466. The maximum Gasteiger partial charge on any atom is 0.298 e. The van der Waals surface area contributed by atoms with Crippen molar-refractivity contribution in [3.63, 3.8) is 0 Å². The van der Waals surface area contributed by atoms with Crippen LogP contribution in [0.15, 0.2) is 54.6 Å². The standard InChI is InChI=1S/C15H10O4/c16-10-19-13-9-5-4-8-12(13)15(18)14(17)11-6-2-1-3-7-11/h1-10H. The fourth-order valence-electron chi connectivity index (χ4n) is 1.65. The van der Waals surface area contributed by atoms with Crippen LogP contribution in [0.25, 0.3) is 0 Å². The molecule has 94 valence electrons. The van der Waals surface area contributed by atoms with Gasteiger partial charge in [0.25, 0.3) is 6.47 Å². The zero-order valence-corrected chi connectivity index (χ0v) is 9.91. The van der Waals surface area contributed by atoms with Crippen LogP contribution in [0, 0.1) is 0 Å². The largest absolute Gasteiger partial charge is 0.428 e. The van der Waals surface area contributed by atoms with Crippen molar-refractivity contribution < 1.29 is 19.1 Å². The smallest absolute Gasteiger partial charge is 0.298 e. The predicted octanol–water partition coefficient (Wildman–Crippen LogP) is 2.29. The highest BCUT2D eigenvalue weighted by molar-refractivity contribution is 6.49. The van der Waals surface area contributed by atoms with E-state index in [4.69, 9.17) is 4.74 Å². The molecule has 0 aromatic heterocycles. The van der Waals surface area contributed by atoms with Crippen LogP contribution < -0.4 is 4.74 Å². The lowest BCUT2D eigenvalue weighted by atomic mass is 10.0. The SMILES string of the molecule is O=COc1ccccc1C(=O)C(=O)c1ccccc1. The summed E-state index contributed by atoms with van der Waals surface area (Å²) >= 11 is 0. The average Bonchev–Trinajstić information content (AvgIpc) is 2.47. The summed E-state index contributed by atoms with van der Waals surface area (Å²) in [6.45, 7) is 0.221. The molecule has 0 aliphatic heterocycles. The Labute approximate surface area is 109 Å². The summed E-state index contributed by atoms with van der Waals surface area (Å²) < 4.78 is 4.69. The second-order valence-corrected chi connectivity index (χ2v) is 3.73. The van der Waals surface area contributed by atoms with Gasteiger partial charge in [-0.25, -0.2) is 0 Å². The summed E-state index contributed by atoms with van der Waals surface area (Å²) in [5.41, 5.74) is 0.372. The van der Waals surface area contributed by atoms with Crippen molar-refractivity contribution >= 4 is 18.0 Å². The molecule has 0 radical (unpaired) electrons. The van der Waals surface area contributed by atoms with Crippen LogP contribution >= 0.6 is 0 Å². The minimum atomic E-state index is -0.705. The third-order valence-corrected chi connectivity index (χ3v) is 2.55. The molecule has 0 saturated carbocycles. The van der Waals surface area contributed by atoms with Gasteiger partial charge in [-0.15, -0.1) is 0 Å². The Hall–Kier alpha value is -2.75. The van der Waals surface area contributed by atoms with Crippen molar-refractivity contribution in [3.8, 4) is 5.75 Å². The topological polar surface area (TPSA) is 60.4 Å². The fraction of sp³-hybridized carbons (Fsp3) is 0. The molecule has 0 N–H and O–H groups in total. The van der Waals surface area contributed by atoms with Gasteiger partial charge in [-0.2, -0.15) is 0 Å². The minimum Gasteiger partial charge on any atom is -0.428 e. The third-order valence-electron chi connectivity index (χ3n) is 2.55. The molecular formula is C15H10O4. The molecule has 0 aliphatic rings. The molecule has 4 nitrogen and oxygen atoms in total. The molecule has 0 bridgehead atoms. The normalized spacial score (nSPS) is 9.68. The van der Waals surface area contributed by atoms with Gasteiger partial charge < -0.3 is 4.74 Å². The molecule has 19 heavy (non-hydrogen) atoms. The lowest BCUT2D eigenvalue weighted by molar-refractivity contribution is -0.120. The van der Waals surface area contributed by atoms with Crippen molar-refractivity contribution in [2.45, 2.75) is 0 Å². The van der Waals surface area contributed by atoms with E-state index in [0.29, 0.717) is 5.56 Å². The van der Waals surface area contributed by atoms with E-state index in [1.807, 2.05) is 0 Å². The van der Waals surface area contributed by atoms with Crippen LogP contribution in [0.2, 0.25) is 0 Å². The van der Waals surface area contributed by atoms with Gasteiger partial charge >= 0.3 is 0 Å². The van der Waals surface area contributed by atoms with Gasteiger partial charge in [-0.3, -0.25) is 14.4 Å². The molecule has 0 aliphatic carbocycles. The van der Waals surface area contributed by atoms with Crippen molar-refractivity contribution in [2.75, 3.05) is 0 Å². The number of ether oxygens (including phenoxy) is 1. The fourth-order valence-corrected chi connectivity index (χ4v) is 1.65. The highest BCUT2D eigenvalue weighted by Crippen LogP contribution is 2.19. The summed E-state index contributed by atoms with van der Waals surface area (Å²) in [4.78, 5) is 34.5. The maximum atomic E-state index is 12.1. The summed E-state index contributed by atoms with van der Waals surface area (Å²) in [6, 6.07) is 14.3. The van der Waals surface area contributed by atoms with Crippen LogP contribution in [0.4, 0.5) is 0 Å². The molecule has 4 heteroatoms. The van der Waals surface area contributed by atoms with E-state index in [1.165, 1.54) is 12.1 Å². The summed E-state index contributed by atoms with van der Waals surface area (Å²) in [6.07, 6.45) is 0. The number of hydrogen-bond acceptors (Lipinski definition) is 4. The highest BCUT2D eigenvalue weighted by Gasteiger charge is 2.21. The number of ketones is 2. The second kappa shape index (κ2) is 5.73. The van der Waals surface area contributed by atoms with Crippen LogP contribution in [0.1, 0.15) is 20.7 Å². The van der Waals surface area contributed by atoms with Crippen LogP contribution in [0.5, 0.6) is 5.75 Å². The van der Waals surface area contributed by atoms with Crippen molar-refractivity contribution in [2.24, 2.45) is 0 Å². The Kier molecular flexibility index (Phi) is 3.83. The maximum absolute atomic E-state index is 12.1. The molecule has 0 saturated heterocycles.